The molecule has 0 bridgehead atoms. The molecule has 5 heteroatoms. The monoisotopic (exact) mass is 329 g/mol. The minimum atomic E-state index is -0.235. The van der Waals surface area contributed by atoms with E-state index in [0.717, 1.165) is 25.3 Å². The summed E-state index contributed by atoms with van der Waals surface area (Å²) in [6.07, 6.45) is 0.328. The Hall–Kier alpha value is -1.88. The van der Waals surface area contributed by atoms with Crippen molar-refractivity contribution in [3.63, 3.8) is 0 Å². The van der Waals surface area contributed by atoms with Crippen molar-refractivity contribution in [1.29, 1.82) is 0 Å². The maximum Gasteiger partial charge on any atom is 0.229 e. The average molecular weight is 329 g/mol. The normalized spacial score (nSPS) is 20.8. The Labute approximate surface area is 144 Å². The minimum Gasteiger partial charge on any atom is -0.342 e. The number of carbonyl (C=O) groups is 2. The Kier molecular flexibility index (Phi) is 4.90. The third-order valence-corrected chi connectivity index (χ3v) is 4.90. The minimum absolute atomic E-state index is 0.0324. The maximum atomic E-state index is 12.6. The molecule has 1 unspecified atom stereocenters. The second-order valence-corrected chi connectivity index (χ2v) is 7.33. The van der Waals surface area contributed by atoms with Crippen LogP contribution in [-0.2, 0) is 22.7 Å². The third-order valence-electron chi connectivity index (χ3n) is 4.90. The van der Waals surface area contributed by atoms with Crippen molar-refractivity contribution in [2.24, 2.45) is 11.8 Å². The molecule has 1 atom stereocenters. The molecule has 2 aliphatic heterocycles. The molecular formula is C19H27N3O2. The van der Waals surface area contributed by atoms with E-state index in [2.05, 4.69) is 30.1 Å². The van der Waals surface area contributed by atoms with Crippen molar-refractivity contribution in [2.75, 3.05) is 25.0 Å². The number of hydrogen-bond donors (Lipinski definition) is 1. The van der Waals surface area contributed by atoms with E-state index in [4.69, 9.17) is 0 Å². The number of fused-ring (bicyclic) bond motifs is 1. The van der Waals surface area contributed by atoms with Gasteiger partial charge in [0, 0.05) is 44.8 Å². The Morgan fingerprint density at radius 2 is 2.12 bits per heavy atom. The van der Waals surface area contributed by atoms with Gasteiger partial charge >= 0.3 is 0 Å². The van der Waals surface area contributed by atoms with Crippen LogP contribution in [0.4, 0.5) is 5.69 Å². The predicted molar refractivity (Wildman–Crippen MR) is 94.4 cm³/mol. The number of rotatable bonds is 5. The number of nitrogens with one attached hydrogen (secondary N) is 1. The molecule has 0 radical (unpaired) electrons. The summed E-state index contributed by atoms with van der Waals surface area (Å²) in [5, 5.41) is 3.08. The molecule has 0 spiro atoms. The molecule has 0 aromatic heterocycles. The van der Waals surface area contributed by atoms with Gasteiger partial charge in [0.15, 0.2) is 0 Å². The van der Waals surface area contributed by atoms with Crippen LogP contribution < -0.4 is 5.32 Å². The molecule has 130 valence electrons. The largest absolute Gasteiger partial charge is 0.342 e. The van der Waals surface area contributed by atoms with Crippen molar-refractivity contribution in [1.82, 2.24) is 9.80 Å². The van der Waals surface area contributed by atoms with Gasteiger partial charge in [-0.3, -0.25) is 14.5 Å². The highest BCUT2D eigenvalue weighted by Crippen LogP contribution is 2.30. The second kappa shape index (κ2) is 6.93. The van der Waals surface area contributed by atoms with E-state index >= 15 is 0 Å². The van der Waals surface area contributed by atoms with Gasteiger partial charge in [0.1, 0.15) is 0 Å². The van der Waals surface area contributed by atoms with Gasteiger partial charge in [-0.05, 0) is 30.0 Å². The summed E-state index contributed by atoms with van der Waals surface area (Å²) in [5.41, 5.74) is 3.43. The molecule has 2 heterocycles. The molecule has 0 saturated carbocycles. The highest BCUT2D eigenvalue weighted by Gasteiger charge is 2.34. The molecular weight excluding hydrogens is 302 g/mol. The van der Waals surface area contributed by atoms with Crippen LogP contribution in [-0.4, -0.2) is 41.2 Å². The first-order valence-electron chi connectivity index (χ1n) is 8.89. The number of hydrogen-bond acceptors (Lipinski definition) is 3. The van der Waals surface area contributed by atoms with Crippen LogP contribution in [0.2, 0.25) is 0 Å². The van der Waals surface area contributed by atoms with Crippen molar-refractivity contribution in [3.05, 3.63) is 29.3 Å². The van der Waals surface area contributed by atoms with E-state index in [9.17, 15) is 9.59 Å². The zero-order valence-electron chi connectivity index (χ0n) is 14.8. The maximum absolute atomic E-state index is 12.6. The van der Waals surface area contributed by atoms with Crippen molar-refractivity contribution >= 4 is 17.5 Å². The fourth-order valence-electron chi connectivity index (χ4n) is 3.74. The van der Waals surface area contributed by atoms with Gasteiger partial charge < -0.3 is 10.2 Å². The summed E-state index contributed by atoms with van der Waals surface area (Å²) >= 11 is 0. The molecule has 1 fully saturated rings. The van der Waals surface area contributed by atoms with Gasteiger partial charge in [-0.2, -0.15) is 0 Å². The quantitative estimate of drug-likeness (QED) is 0.903. The first kappa shape index (κ1) is 17.0. The van der Waals surface area contributed by atoms with Gasteiger partial charge in [-0.1, -0.05) is 26.0 Å². The number of carbonyl (C=O) groups excluding carboxylic acids is 2. The lowest BCUT2D eigenvalue weighted by atomic mass is 10.1. The highest BCUT2D eigenvalue weighted by atomic mass is 16.2. The van der Waals surface area contributed by atoms with E-state index in [-0.39, 0.29) is 17.7 Å². The topological polar surface area (TPSA) is 52.7 Å². The third kappa shape index (κ3) is 3.46. The summed E-state index contributed by atoms with van der Waals surface area (Å²) in [5.74, 6) is 0.442. The molecule has 2 aliphatic rings. The van der Waals surface area contributed by atoms with Crippen molar-refractivity contribution in [3.8, 4) is 0 Å². The second-order valence-electron chi connectivity index (χ2n) is 7.33. The zero-order chi connectivity index (χ0) is 17.3. The molecule has 1 N–H and O–H groups in total. The number of amides is 2. The first-order chi connectivity index (χ1) is 11.5. The van der Waals surface area contributed by atoms with Gasteiger partial charge in [-0.15, -0.1) is 0 Å². The Balaban J connectivity index is 1.68. The van der Waals surface area contributed by atoms with Crippen LogP contribution in [0.1, 0.15) is 38.3 Å². The zero-order valence-corrected chi connectivity index (χ0v) is 14.8. The number of anilines is 1. The molecule has 5 nitrogen and oxygen atoms in total. The van der Waals surface area contributed by atoms with E-state index in [0.29, 0.717) is 25.4 Å². The van der Waals surface area contributed by atoms with Gasteiger partial charge in [-0.25, -0.2) is 0 Å². The Morgan fingerprint density at radius 1 is 1.33 bits per heavy atom. The van der Waals surface area contributed by atoms with Gasteiger partial charge in [0.25, 0.3) is 0 Å². The van der Waals surface area contributed by atoms with E-state index in [1.165, 1.54) is 11.1 Å². The van der Waals surface area contributed by atoms with Crippen LogP contribution in [0.5, 0.6) is 0 Å². The number of nitrogens with zero attached hydrogens (tertiary/aromatic N) is 2. The summed E-state index contributed by atoms with van der Waals surface area (Å²) < 4.78 is 0. The Morgan fingerprint density at radius 3 is 2.79 bits per heavy atom. The SMILES string of the molecule is CCN1CC(C(=O)Nc2cccc3c2CN(CC(C)C)C3)CC1=O. The first-order valence-corrected chi connectivity index (χ1v) is 8.89. The van der Waals surface area contributed by atoms with E-state index in [1.54, 1.807) is 4.90 Å². The summed E-state index contributed by atoms with van der Waals surface area (Å²) in [7, 11) is 0. The average Bonchev–Trinajstić information content (AvgIpc) is 3.10. The summed E-state index contributed by atoms with van der Waals surface area (Å²) in [6, 6.07) is 6.12. The van der Waals surface area contributed by atoms with Gasteiger partial charge in [0.05, 0.1) is 5.92 Å². The smallest absolute Gasteiger partial charge is 0.229 e. The van der Waals surface area contributed by atoms with Crippen LogP contribution in [0.15, 0.2) is 18.2 Å². The molecule has 2 amide bonds. The van der Waals surface area contributed by atoms with Crippen LogP contribution in [0, 0.1) is 11.8 Å². The number of benzene rings is 1. The summed E-state index contributed by atoms with van der Waals surface area (Å²) in [4.78, 5) is 28.6. The van der Waals surface area contributed by atoms with Crippen LogP contribution in [0.3, 0.4) is 0 Å². The van der Waals surface area contributed by atoms with E-state index < -0.39 is 0 Å². The molecule has 1 saturated heterocycles. The molecule has 3 rings (SSSR count). The Bertz CT molecular complexity index is 641. The fourth-order valence-corrected chi connectivity index (χ4v) is 3.74. The molecule has 24 heavy (non-hydrogen) atoms. The van der Waals surface area contributed by atoms with Crippen molar-refractivity contribution < 1.29 is 9.59 Å². The lowest BCUT2D eigenvalue weighted by Crippen LogP contribution is -2.28. The predicted octanol–water partition coefficient (Wildman–Crippen LogP) is 2.47. The highest BCUT2D eigenvalue weighted by molar-refractivity contribution is 5.97. The van der Waals surface area contributed by atoms with Crippen LogP contribution in [0.25, 0.3) is 0 Å². The molecule has 1 aromatic carbocycles. The molecule has 1 aromatic rings. The van der Waals surface area contributed by atoms with Crippen molar-refractivity contribution in [2.45, 2.75) is 40.3 Å². The van der Waals surface area contributed by atoms with E-state index in [1.807, 2.05) is 19.1 Å². The standard InChI is InChI=1S/C19H27N3O2/c1-4-22-11-15(8-18(22)23)19(24)20-17-7-5-6-14-10-21(9-13(2)3)12-16(14)17/h5-7,13,15H,4,8-12H2,1-3H3,(H,20,24). The van der Waals surface area contributed by atoms with Crippen LogP contribution >= 0.6 is 0 Å². The van der Waals surface area contributed by atoms with Gasteiger partial charge in [0.2, 0.25) is 11.8 Å². The lowest BCUT2D eigenvalue weighted by Gasteiger charge is -2.17. The molecule has 0 aliphatic carbocycles. The summed E-state index contributed by atoms with van der Waals surface area (Å²) in [6.45, 7) is 10.5. The number of likely N-dealkylation sites (tertiary alicyclic amines) is 1. The fraction of sp³-hybridized carbons (Fsp3) is 0.579. The lowest BCUT2D eigenvalue weighted by molar-refractivity contribution is -0.128.